The Morgan fingerprint density at radius 2 is 2.28 bits per heavy atom. The minimum absolute atomic E-state index is 0.110. The van der Waals surface area contributed by atoms with Crippen molar-refractivity contribution < 1.29 is 4.42 Å². The lowest BCUT2D eigenvalue weighted by Crippen LogP contribution is -2.26. The van der Waals surface area contributed by atoms with Crippen LogP contribution in [0.2, 0.25) is 0 Å². The first-order valence-corrected chi connectivity index (χ1v) is 6.54. The largest absolute Gasteiger partial charge is 0.469 e. The maximum Gasteiger partial charge on any atom is 0.130 e. The van der Waals surface area contributed by atoms with Gasteiger partial charge in [0.05, 0.1) is 12.3 Å². The van der Waals surface area contributed by atoms with Gasteiger partial charge in [0.15, 0.2) is 0 Å². The number of hydrogen-bond donors (Lipinski definition) is 1. The van der Waals surface area contributed by atoms with Crippen molar-refractivity contribution in [1.29, 1.82) is 0 Å². The normalized spacial score (nSPS) is 12.8. The molecule has 4 heteroatoms. The molecular formula is C14H21N3O. The smallest absolute Gasteiger partial charge is 0.130 e. The molecule has 0 aromatic carbocycles. The van der Waals surface area contributed by atoms with Gasteiger partial charge in [-0.05, 0) is 19.0 Å². The first kappa shape index (κ1) is 12.9. The lowest BCUT2D eigenvalue weighted by Gasteiger charge is -2.18. The van der Waals surface area contributed by atoms with Crippen LogP contribution in [-0.4, -0.2) is 16.1 Å². The molecule has 0 fully saturated rings. The van der Waals surface area contributed by atoms with E-state index < -0.39 is 0 Å². The third kappa shape index (κ3) is 2.48. The molecule has 4 nitrogen and oxygen atoms in total. The minimum atomic E-state index is 0.110. The first-order chi connectivity index (χ1) is 8.77. The molecule has 2 aromatic heterocycles. The molecule has 18 heavy (non-hydrogen) atoms. The highest BCUT2D eigenvalue weighted by Gasteiger charge is 2.21. The quantitative estimate of drug-likeness (QED) is 0.853. The standard InChI is InChI=1S/C14H21N3O/c1-4-7-15-13(14-16-8-9-17(14)3)11-6-10-18-12(11)5-2/h6,8-10,13,15H,4-5,7H2,1-3H3. The van der Waals surface area contributed by atoms with Gasteiger partial charge in [0, 0.05) is 31.4 Å². The van der Waals surface area contributed by atoms with E-state index in [0.29, 0.717) is 0 Å². The Morgan fingerprint density at radius 1 is 1.44 bits per heavy atom. The van der Waals surface area contributed by atoms with Crippen LogP contribution in [-0.2, 0) is 13.5 Å². The predicted octanol–water partition coefficient (Wildman–Crippen LogP) is 2.66. The number of aromatic nitrogens is 2. The molecule has 1 unspecified atom stereocenters. The first-order valence-electron chi connectivity index (χ1n) is 6.54. The highest BCUT2D eigenvalue weighted by molar-refractivity contribution is 5.27. The summed E-state index contributed by atoms with van der Waals surface area (Å²) in [6.45, 7) is 5.24. The summed E-state index contributed by atoms with van der Waals surface area (Å²) in [6, 6.07) is 2.15. The minimum Gasteiger partial charge on any atom is -0.469 e. The molecular weight excluding hydrogens is 226 g/mol. The molecule has 2 rings (SSSR count). The fourth-order valence-electron chi connectivity index (χ4n) is 2.18. The maximum absolute atomic E-state index is 5.54. The van der Waals surface area contributed by atoms with E-state index in [1.807, 2.05) is 25.5 Å². The van der Waals surface area contributed by atoms with E-state index in [1.165, 1.54) is 5.56 Å². The van der Waals surface area contributed by atoms with Gasteiger partial charge in [0.1, 0.15) is 11.6 Å². The Bertz CT molecular complexity index is 487. The number of aryl methyl sites for hydroxylation is 2. The Morgan fingerprint density at radius 3 is 2.89 bits per heavy atom. The molecule has 0 saturated heterocycles. The van der Waals surface area contributed by atoms with Gasteiger partial charge in [-0.2, -0.15) is 0 Å². The maximum atomic E-state index is 5.54. The zero-order valence-corrected chi connectivity index (χ0v) is 11.3. The summed E-state index contributed by atoms with van der Waals surface area (Å²) in [5, 5.41) is 3.55. The van der Waals surface area contributed by atoms with Crippen molar-refractivity contribution in [3.8, 4) is 0 Å². The van der Waals surface area contributed by atoms with Crippen molar-refractivity contribution in [2.75, 3.05) is 6.54 Å². The second-order valence-corrected chi connectivity index (χ2v) is 4.44. The summed E-state index contributed by atoms with van der Waals surface area (Å²) in [5.74, 6) is 2.06. The van der Waals surface area contributed by atoms with Crippen molar-refractivity contribution in [1.82, 2.24) is 14.9 Å². The van der Waals surface area contributed by atoms with E-state index >= 15 is 0 Å². The number of nitrogens with one attached hydrogen (secondary N) is 1. The molecule has 0 bridgehead atoms. The molecule has 0 spiro atoms. The molecule has 2 heterocycles. The molecule has 0 radical (unpaired) electrons. The Labute approximate surface area is 108 Å². The van der Waals surface area contributed by atoms with Gasteiger partial charge in [-0.1, -0.05) is 13.8 Å². The average molecular weight is 247 g/mol. The summed E-state index contributed by atoms with van der Waals surface area (Å²) in [4.78, 5) is 4.46. The van der Waals surface area contributed by atoms with Gasteiger partial charge >= 0.3 is 0 Å². The van der Waals surface area contributed by atoms with Crippen molar-refractivity contribution in [3.63, 3.8) is 0 Å². The third-order valence-corrected chi connectivity index (χ3v) is 3.13. The monoisotopic (exact) mass is 247 g/mol. The van der Waals surface area contributed by atoms with E-state index in [1.54, 1.807) is 6.26 Å². The molecule has 0 aliphatic carbocycles. The Hall–Kier alpha value is -1.55. The Kier molecular flexibility index (Phi) is 4.20. The van der Waals surface area contributed by atoms with Crippen LogP contribution >= 0.6 is 0 Å². The molecule has 1 N–H and O–H groups in total. The Balaban J connectivity index is 2.34. The van der Waals surface area contributed by atoms with Crippen molar-refractivity contribution in [3.05, 3.63) is 41.9 Å². The van der Waals surface area contributed by atoms with Crippen LogP contribution in [0.25, 0.3) is 0 Å². The highest BCUT2D eigenvalue weighted by Crippen LogP contribution is 2.25. The summed E-state index contributed by atoms with van der Waals surface area (Å²) >= 11 is 0. The van der Waals surface area contributed by atoms with Gasteiger partial charge in [-0.25, -0.2) is 4.98 Å². The van der Waals surface area contributed by atoms with Gasteiger partial charge in [-0.15, -0.1) is 0 Å². The summed E-state index contributed by atoms with van der Waals surface area (Å²) < 4.78 is 7.59. The fourth-order valence-corrected chi connectivity index (χ4v) is 2.18. The van der Waals surface area contributed by atoms with Gasteiger partial charge in [-0.3, -0.25) is 0 Å². The van der Waals surface area contributed by atoms with Crippen molar-refractivity contribution >= 4 is 0 Å². The number of nitrogens with zero attached hydrogens (tertiary/aromatic N) is 2. The summed E-state index contributed by atoms with van der Waals surface area (Å²) in [6.07, 6.45) is 7.57. The van der Waals surface area contributed by atoms with E-state index in [2.05, 4.69) is 28.7 Å². The zero-order chi connectivity index (χ0) is 13.0. The molecule has 98 valence electrons. The van der Waals surface area contributed by atoms with Gasteiger partial charge in [0.25, 0.3) is 0 Å². The second kappa shape index (κ2) is 5.87. The van der Waals surface area contributed by atoms with Gasteiger partial charge < -0.3 is 14.3 Å². The predicted molar refractivity (Wildman–Crippen MR) is 71.4 cm³/mol. The summed E-state index contributed by atoms with van der Waals surface area (Å²) in [5.41, 5.74) is 1.19. The molecule has 0 saturated carbocycles. The average Bonchev–Trinajstić information content (AvgIpc) is 2.99. The van der Waals surface area contributed by atoms with Crippen LogP contribution < -0.4 is 5.32 Å². The van der Waals surface area contributed by atoms with E-state index in [0.717, 1.165) is 31.0 Å². The molecule has 2 aromatic rings. The van der Waals surface area contributed by atoms with E-state index in [-0.39, 0.29) is 6.04 Å². The van der Waals surface area contributed by atoms with Crippen molar-refractivity contribution in [2.45, 2.75) is 32.7 Å². The lowest BCUT2D eigenvalue weighted by molar-refractivity contribution is 0.492. The summed E-state index contributed by atoms with van der Waals surface area (Å²) in [7, 11) is 2.02. The van der Waals surface area contributed by atoms with Crippen LogP contribution in [0.3, 0.4) is 0 Å². The van der Waals surface area contributed by atoms with Gasteiger partial charge in [0.2, 0.25) is 0 Å². The fraction of sp³-hybridized carbons (Fsp3) is 0.500. The van der Waals surface area contributed by atoms with E-state index in [4.69, 9.17) is 4.42 Å². The topological polar surface area (TPSA) is 43.0 Å². The number of hydrogen-bond acceptors (Lipinski definition) is 3. The van der Waals surface area contributed by atoms with Crippen LogP contribution in [0.4, 0.5) is 0 Å². The molecule has 0 aliphatic rings. The van der Waals surface area contributed by atoms with Crippen LogP contribution in [0.5, 0.6) is 0 Å². The highest BCUT2D eigenvalue weighted by atomic mass is 16.3. The number of imidazole rings is 1. The molecule has 0 aliphatic heterocycles. The molecule has 0 amide bonds. The SMILES string of the molecule is CCCNC(c1ccoc1CC)c1nccn1C. The number of rotatable bonds is 6. The van der Waals surface area contributed by atoms with Crippen LogP contribution in [0.1, 0.15) is 43.5 Å². The van der Waals surface area contributed by atoms with Crippen LogP contribution in [0.15, 0.2) is 29.1 Å². The van der Waals surface area contributed by atoms with Crippen molar-refractivity contribution in [2.24, 2.45) is 7.05 Å². The number of furan rings is 1. The zero-order valence-electron chi connectivity index (χ0n) is 11.3. The molecule has 1 atom stereocenters. The second-order valence-electron chi connectivity index (χ2n) is 4.44. The van der Waals surface area contributed by atoms with E-state index in [9.17, 15) is 0 Å². The van der Waals surface area contributed by atoms with Crippen LogP contribution in [0, 0.1) is 0 Å². The lowest BCUT2D eigenvalue weighted by atomic mass is 10.1. The third-order valence-electron chi connectivity index (χ3n) is 3.13.